The number of carbonyl (C=O) groups excluding carboxylic acids is 1. The highest BCUT2D eigenvalue weighted by atomic mass is 32.2. The summed E-state index contributed by atoms with van der Waals surface area (Å²) in [6.07, 6.45) is -2.51. The molecule has 0 aliphatic heterocycles. The molecule has 1 atom stereocenters. The summed E-state index contributed by atoms with van der Waals surface area (Å²) in [5, 5.41) is 23.2. The van der Waals surface area contributed by atoms with Crippen LogP contribution in [0.4, 0.5) is 18.9 Å². The molecule has 0 saturated heterocycles. The van der Waals surface area contributed by atoms with Crippen LogP contribution in [0, 0.1) is 11.3 Å². The topological polar surface area (TPSA) is 106 Å². The van der Waals surface area contributed by atoms with Crippen molar-refractivity contribution in [2.45, 2.75) is 42.4 Å². The van der Waals surface area contributed by atoms with Gasteiger partial charge in [0, 0.05) is 5.69 Å². The van der Waals surface area contributed by atoms with E-state index in [0.717, 1.165) is 12.8 Å². The van der Waals surface area contributed by atoms with Crippen LogP contribution in [-0.4, -0.2) is 44.1 Å². The Kier molecular flexibility index (Phi) is 5.73. The van der Waals surface area contributed by atoms with E-state index in [9.17, 15) is 18.0 Å². The van der Waals surface area contributed by atoms with Crippen LogP contribution in [0.2, 0.25) is 0 Å². The molecule has 1 N–H and O–H groups in total. The van der Waals surface area contributed by atoms with Crippen LogP contribution < -0.4 is 10.1 Å². The quantitative estimate of drug-likeness (QED) is 0.697. The number of aromatic nitrogens is 4. The molecule has 148 valence electrons. The molecule has 2 aromatic rings. The molecule has 28 heavy (non-hydrogen) atoms. The minimum Gasteiger partial charge on any atom is -0.483 e. The van der Waals surface area contributed by atoms with Gasteiger partial charge in [-0.1, -0.05) is 11.8 Å². The molecule has 1 aliphatic carbocycles. The van der Waals surface area contributed by atoms with Crippen LogP contribution in [0.1, 0.15) is 31.4 Å². The monoisotopic (exact) mass is 412 g/mol. The van der Waals surface area contributed by atoms with Crippen molar-refractivity contribution in [2.75, 3.05) is 11.9 Å². The third-order valence-electron chi connectivity index (χ3n) is 3.77. The molecule has 12 heteroatoms. The van der Waals surface area contributed by atoms with E-state index in [0.29, 0.717) is 5.16 Å². The van der Waals surface area contributed by atoms with Gasteiger partial charge in [0.2, 0.25) is 11.1 Å². The first kappa shape index (κ1) is 19.9. The predicted octanol–water partition coefficient (Wildman–Crippen LogP) is 2.94. The number of hydrogen-bond donors (Lipinski definition) is 1. The van der Waals surface area contributed by atoms with Crippen LogP contribution >= 0.6 is 11.8 Å². The molecule has 1 saturated carbocycles. The summed E-state index contributed by atoms with van der Waals surface area (Å²) in [5.41, 5.74) is 0.162. The number of ether oxygens (including phenoxy) is 1. The number of benzene rings is 1. The van der Waals surface area contributed by atoms with Crippen LogP contribution in [0.3, 0.4) is 0 Å². The van der Waals surface area contributed by atoms with Crippen molar-refractivity contribution in [3.05, 3.63) is 23.8 Å². The Labute approximate surface area is 162 Å². The van der Waals surface area contributed by atoms with Gasteiger partial charge in [0.05, 0.1) is 16.9 Å². The lowest BCUT2D eigenvalue weighted by Gasteiger charge is -2.14. The summed E-state index contributed by atoms with van der Waals surface area (Å²) in [6.45, 7) is 0.175. The van der Waals surface area contributed by atoms with Gasteiger partial charge in [-0.25, -0.2) is 4.68 Å². The standard InChI is InChI=1S/C16H15F3N6O2S/c1-9(28-15-22-23-24-25(15)12-3-4-12)14(26)21-11-2-5-13(10(6-11)7-20)27-8-16(17,18)19/h2,5-6,9,12H,3-4,8H2,1H3,(H,21,26). The Morgan fingerprint density at radius 2 is 2.25 bits per heavy atom. The van der Waals surface area contributed by atoms with Crippen molar-refractivity contribution in [2.24, 2.45) is 0 Å². The summed E-state index contributed by atoms with van der Waals surface area (Å²) < 4.78 is 43.1. The summed E-state index contributed by atoms with van der Waals surface area (Å²) >= 11 is 1.20. The number of alkyl halides is 3. The molecule has 0 radical (unpaired) electrons. The molecular weight excluding hydrogens is 397 g/mol. The smallest absolute Gasteiger partial charge is 0.422 e. The van der Waals surface area contributed by atoms with E-state index >= 15 is 0 Å². The van der Waals surface area contributed by atoms with Crippen molar-refractivity contribution in [1.82, 2.24) is 20.2 Å². The molecule has 1 aliphatic rings. The zero-order valence-electron chi connectivity index (χ0n) is 14.6. The van der Waals surface area contributed by atoms with Crippen molar-refractivity contribution >= 4 is 23.4 Å². The fraction of sp³-hybridized carbons (Fsp3) is 0.438. The Balaban J connectivity index is 1.63. The molecule has 0 spiro atoms. The van der Waals surface area contributed by atoms with E-state index in [1.54, 1.807) is 17.7 Å². The number of carbonyl (C=O) groups is 1. The predicted molar refractivity (Wildman–Crippen MR) is 92.7 cm³/mol. The second kappa shape index (κ2) is 8.05. The number of amides is 1. The maximum absolute atomic E-state index is 12.4. The second-order valence-corrected chi connectivity index (χ2v) is 7.42. The van der Waals surface area contributed by atoms with Crippen LogP contribution in [0.5, 0.6) is 5.75 Å². The SMILES string of the molecule is CC(Sc1nnnn1C1CC1)C(=O)Nc1ccc(OCC(F)(F)F)c(C#N)c1. The zero-order valence-corrected chi connectivity index (χ0v) is 15.4. The molecule has 8 nitrogen and oxygen atoms in total. The van der Waals surface area contributed by atoms with Gasteiger partial charge in [0.15, 0.2) is 6.61 Å². The summed E-state index contributed by atoms with van der Waals surface area (Å²) in [5.74, 6) is -0.563. The summed E-state index contributed by atoms with van der Waals surface area (Å²) in [4.78, 5) is 12.4. The second-order valence-electron chi connectivity index (χ2n) is 6.11. The van der Waals surface area contributed by atoms with E-state index < -0.39 is 18.0 Å². The number of tetrazole rings is 1. The Hall–Kier alpha value is -2.81. The molecular formula is C16H15F3N6O2S. The molecule has 1 aromatic carbocycles. The Bertz CT molecular complexity index is 907. The number of halogens is 3. The normalized spacial score (nSPS) is 15.0. The van der Waals surface area contributed by atoms with E-state index in [-0.39, 0.29) is 28.9 Å². The van der Waals surface area contributed by atoms with Gasteiger partial charge in [-0.15, -0.1) is 5.10 Å². The first-order valence-electron chi connectivity index (χ1n) is 8.26. The third-order valence-corrected chi connectivity index (χ3v) is 4.81. The minimum absolute atomic E-state index is 0.111. The van der Waals surface area contributed by atoms with Crippen LogP contribution in [-0.2, 0) is 4.79 Å². The number of hydrogen-bond acceptors (Lipinski definition) is 7. The molecule has 1 heterocycles. The van der Waals surface area contributed by atoms with Gasteiger partial charge in [-0.2, -0.15) is 18.4 Å². The van der Waals surface area contributed by atoms with Gasteiger partial charge < -0.3 is 10.1 Å². The molecule has 1 fully saturated rings. The zero-order chi connectivity index (χ0) is 20.3. The van der Waals surface area contributed by atoms with Crippen molar-refractivity contribution in [3.63, 3.8) is 0 Å². The number of nitriles is 1. The number of nitrogens with zero attached hydrogens (tertiary/aromatic N) is 5. The molecule has 1 unspecified atom stereocenters. The first-order valence-corrected chi connectivity index (χ1v) is 9.14. The van der Waals surface area contributed by atoms with Gasteiger partial charge in [-0.3, -0.25) is 4.79 Å². The fourth-order valence-electron chi connectivity index (χ4n) is 2.25. The number of thioether (sulfide) groups is 1. The maximum atomic E-state index is 12.4. The van der Waals surface area contributed by atoms with Crippen LogP contribution in [0.15, 0.2) is 23.4 Å². The highest BCUT2D eigenvalue weighted by molar-refractivity contribution is 8.00. The van der Waals surface area contributed by atoms with E-state index in [4.69, 9.17) is 5.26 Å². The van der Waals surface area contributed by atoms with Crippen molar-refractivity contribution in [1.29, 1.82) is 5.26 Å². The molecule has 1 amide bonds. The molecule has 3 rings (SSSR count). The summed E-state index contributed by atoms with van der Waals surface area (Å²) in [7, 11) is 0. The molecule has 1 aromatic heterocycles. The van der Waals surface area contributed by atoms with Gasteiger partial charge >= 0.3 is 6.18 Å². The largest absolute Gasteiger partial charge is 0.483 e. The Morgan fingerprint density at radius 3 is 2.89 bits per heavy atom. The summed E-state index contributed by atoms with van der Waals surface area (Å²) in [6, 6.07) is 5.88. The van der Waals surface area contributed by atoms with E-state index in [1.807, 2.05) is 0 Å². The third kappa shape index (κ3) is 5.13. The average Bonchev–Trinajstić information content (AvgIpc) is 3.39. The first-order chi connectivity index (χ1) is 13.3. The van der Waals surface area contributed by atoms with Crippen molar-refractivity contribution < 1.29 is 22.7 Å². The van der Waals surface area contributed by atoms with E-state index in [2.05, 4.69) is 25.6 Å². The highest BCUT2D eigenvalue weighted by Gasteiger charge is 2.30. The average molecular weight is 412 g/mol. The minimum atomic E-state index is -4.51. The lowest BCUT2D eigenvalue weighted by atomic mass is 10.2. The van der Waals surface area contributed by atoms with Gasteiger partial charge in [0.25, 0.3) is 0 Å². The lowest BCUT2D eigenvalue weighted by molar-refractivity contribution is -0.153. The number of nitrogens with one attached hydrogen (secondary N) is 1. The van der Waals surface area contributed by atoms with Gasteiger partial charge in [0.1, 0.15) is 11.8 Å². The number of rotatable bonds is 7. The lowest BCUT2D eigenvalue weighted by Crippen LogP contribution is -2.23. The number of anilines is 1. The highest BCUT2D eigenvalue weighted by Crippen LogP contribution is 2.37. The van der Waals surface area contributed by atoms with Gasteiger partial charge in [-0.05, 0) is 48.4 Å². The molecule has 0 bridgehead atoms. The maximum Gasteiger partial charge on any atom is 0.422 e. The van der Waals surface area contributed by atoms with E-state index in [1.165, 1.54) is 30.0 Å². The van der Waals surface area contributed by atoms with Crippen molar-refractivity contribution in [3.8, 4) is 11.8 Å². The fourth-order valence-corrected chi connectivity index (χ4v) is 3.11. The Morgan fingerprint density at radius 1 is 1.50 bits per heavy atom. The van der Waals surface area contributed by atoms with Crippen LogP contribution in [0.25, 0.3) is 0 Å².